The van der Waals surface area contributed by atoms with Crippen LogP contribution in [0.25, 0.3) is 16.9 Å². The van der Waals surface area contributed by atoms with Gasteiger partial charge in [-0.15, -0.1) is 0 Å². The number of nitrogen functional groups attached to an aromatic ring is 2. The minimum absolute atomic E-state index is 0.0295. The summed E-state index contributed by atoms with van der Waals surface area (Å²) in [5.74, 6) is 6.35. The number of hydrogen-bond acceptors (Lipinski definition) is 7. The van der Waals surface area contributed by atoms with Gasteiger partial charge in [-0.05, 0) is 62.1 Å². The minimum atomic E-state index is -0.339. The summed E-state index contributed by atoms with van der Waals surface area (Å²) in [5.41, 5.74) is 13.1. The van der Waals surface area contributed by atoms with E-state index in [0.717, 1.165) is 6.42 Å². The van der Waals surface area contributed by atoms with E-state index in [1.54, 1.807) is 40.7 Å². The Morgan fingerprint density at radius 2 is 1.78 bits per heavy atom. The number of ether oxygens (including phenoxy) is 1. The van der Waals surface area contributed by atoms with E-state index in [4.69, 9.17) is 16.2 Å². The summed E-state index contributed by atoms with van der Waals surface area (Å²) < 4.78 is 8.92. The van der Waals surface area contributed by atoms with Crippen LogP contribution in [-0.2, 0) is 4.79 Å². The quantitative estimate of drug-likeness (QED) is 0.426. The van der Waals surface area contributed by atoms with Crippen molar-refractivity contribution in [2.24, 2.45) is 0 Å². The molecule has 0 unspecified atom stereocenters. The van der Waals surface area contributed by atoms with E-state index in [1.807, 2.05) is 30.3 Å². The highest BCUT2D eigenvalue weighted by atomic mass is 16.5. The van der Waals surface area contributed by atoms with Crippen molar-refractivity contribution in [1.29, 1.82) is 0 Å². The van der Waals surface area contributed by atoms with Crippen LogP contribution in [0.2, 0.25) is 0 Å². The van der Waals surface area contributed by atoms with Gasteiger partial charge in [0.2, 0.25) is 5.95 Å². The third-order valence-corrected chi connectivity index (χ3v) is 6.11. The van der Waals surface area contributed by atoms with Crippen LogP contribution in [0.15, 0.2) is 59.4 Å². The third-order valence-electron chi connectivity index (χ3n) is 6.11. The molecule has 4 aromatic rings. The highest BCUT2D eigenvalue weighted by Crippen LogP contribution is 2.29. The number of likely N-dealkylation sites (tertiary alicyclic amines) is 1. The van der Waals surface area contributed by atoms with Crippen LogP contribution < -0.4 is 21.9 Å². The van der Waals surface area contributed by atoms with Crippen LogP contribution in [0.5, 0.6) is 11.5 Å². The molecule has 0 saturated carbocycles. The maximum absolute atomic E-state index is 13.8. The number of nitrogens with zero attached hydrogens (tertiary/aromatic N) is 5. The summed E-state index contributed by atoms with van der Waals surface area (Å²) in [5, 5.41) is 0. The Morgan fingerprint density at radius 3 is 2.50 bits per heavy atom. The first-order valence-electron chi connectivity index (χ1n) is 11.6. The van der Waals surface area contributed by atoms with Gasteiger partial charge in [-0.2, -0.15) is 9.97 Å². The van der Waals surface area contributed by atoms with Crippen LogP contribution in [0, 0.1) is 11.8 Å². The summed E-state index contributed by atoms with van der Waals surface area (Å²) in [6.07, 6.45) is 1.42. The van der Waals surface area contributed by atoms with Gasteiger partial charge in [-0.1, -0.05) is 24.1 Å². The number of carbonyl (C=O) groups excluding carboxylic acids is 1. The normalized spacial score (nSPS) is 15.4. The Labute approximate surface area is 207 Å². The van der Waals surface area contributed by atoms with Gasteiger partial charge in [0.05, 0.1) is 11.7 Å². The molecule has 0 bridgehead atoms. The van der Waals surface area contributed by atoms with Crippen molar-refractivity contribution in [3.63, 3.8) is 0 Å². The second kappa shape index (κ2) is 9.46. The molecule has 5 rings (SSSR count). The van der Waals surface area contributed by atoms with Crippen molar-refractivity contribution < 1.29 is 9.53 Å². The van der Waals surface area contributed by atoms with Crippen LogP contribution >= 0.6 is 0 Å². The molecule has 1 amide bonds. The lowest BCUT2D eigenvalue weighted by Gasteiger charge is -2.31. The maximum Gasteiger partial charge on any atom is 0.335 e. The molecule has 1 fully saturated rings. The summed E-state index contributed by atoms with van der Waals surface area (Å²) >= 11 is 0. The predicted molar refractivity (Wildman–Crippen MR) is 137 cm³/mol. The van der Waals surface area contributed by atoms with E-state index in [2.05, 4.69) is 21.8 Å². The van der Waals surface area contributed by atoms with Crippen molar-refractivity contribution in [2.75, 3.05) is 24.6 Å². The van der Waals surface area contributed by atoms with E-state index in [-0.39, 0.29) is 29.4 Å². The molecular formula is C26H25N7O3. The number of hydrogen-bond donors (Lipinski definition) is 2. The first kappa shape index (κ1) is 23.0. The smallest absolute Gasteiger partial charge is 0.335 e. The van der Waals surface area contributed by atoms with Gasteiger partial charge in [0, 0.05) is 13.1 Å². The molecule has 3 heterocycles. The first-order valence-corrected chi connectivity index (χ1v) is 11.6. The van der Waals surface area contributed by atoms with Gasteiger partial charge in [0.1, 0.15) is 17.0 Å². The van der Waals surface area contributed by atoms with Crippen LogP contribution in [0.3, 0.4) is 0 Å². The Morgan fingerprint density at radius 1 is 1.06 bits per heavy atom. The Bertz CT molecular complexity index is 1550. The van der Waals surface area contributed by atoms with Gasteiger partial charge in [0.25, 0.3) is 5.91 Å². The lowest BCUT2D eigenvalue weighted by Crippen LogP contribution is -2.42. The number of anilines is 2. The monoisotopic (exact) mass is 483 g/mol. The molecule has 1 aliphatic heterocycles. The Hall–Kier alpha value is -4.78. The van der Waals surface area contributed by atoms with Crippen LogP contribution in [0.4, 0.5) is 11.8 Å². The average molecular weight is 484 g/mol. The molecule has 10 nitrogen and oxygen atoms in total. The first-order chi connectivity index (χ1) is 17.5. The van der Waals surface area contributed by atoms with Gasteiger partial charge >= 0.3 is 5.69 Å². The topological polar surface area (TPSA) is 134 Å². The molecule has 1 saturated heterocycles. The number of piperidine rings is 1. The van der Waals surface area contributed by atoms with Gasteiger partial charge < -0.3 is 21.1 Å². The maximum atomic E-state index is 13.8. The molecule has 0 radical (unpaired) electrons. The van der Waals surface area contributed by atoms with Crippen LogP contribution in [0.1, 0.15) is 25.8 Å². The lowest BCUT2D eigenvalue weighted by molar-refractivity contribution is -0.126. The van der Waals surface area contributed by atoms with Gasteiger partial charge in [0.15, 0.2) is 11.5 Å². The standard InChI is InChI=1S/C26H25N7O3/c1-2-7-21(34)31-15-6-8-18(16-31)33-24-22(23(27)29-25(28)30-24)32(26(33)35)17-11-13-20(14-12-17)36-19-9-4-3-5-10-19/h3-5,9-14,18H,6,8,15-16H2,1H3,(H4,27,28,29,30)/t18-/m1/s1. The van der Waals surface area contributed by atoms with Gasteiger partial charge in [-0.25, -0.2) is 4.79 Å². The minimum Gasteiger partial charge on any atom is -0.457 e. The van der Waals surface area contributed by atoms with E-state index < -0.39 is 0 Å². The highest BCUT2D eigenvalue weighted by molar-refractivity contribution is 5.93. The molecule has 1 aliphatic rings. The third kappa shape index (κ3) is 4.22. The number of amides is 1. The number of para-hydroxylation sites is 1. The van der Waals surface area contributed by atoms with Crippen molar-refractivity contribution in [3.8, 4) is 29.0 Å². The number of fused-ring (bicyclic) bond motifs is 1. The lowest BCUT2D eigenvalue weighted by atomic mass is 10.1. The number of aromatic nitrogens is 4. The summed E-state index contributed by atoms with van der Waals surface area (Å²) in [7, 11) is 0. The number of benzene rings is 2. The molecule has 2 aromatic heterocycles. The molecule has 10 heteroatoms. The SMILES string of the molecule is CC#CC(=O)N1CCC[C@@H](n2c(=O)n(-c3ccc(Oc4ccccc4)cc3)c3c(N)nc(N)nc32)C1. The number of nitrogens with two attached hydrogens (primary N) is 2. The van der Waals surface area contributed by atoms with E-state index in [1.165, 1.54) is 4.57 Å². The predicted octanol–water partition coefficient (Wildman–Crippen LogP) is 2.73. The fraction of sp³-hybridized carbons (Fsp3) is 0.231. The summed E-state index contributed by atoms with van der Waals surface area (Å²) in [4.78, 5) is 36.4. The molecule has 1 atom stereocenters. The van der Waals surface area contributed by atoms with Crippen LogP contribution in [-0.4, -0.2) is 43.0 Å². The van der Waals surface area contributed by atoms with Crippen molar-refractivity contribution in [1.82, 2.24) is 24.0 Å². The zero-order valence-corrected chi connectivity index (χ0v) is 19.7. The molecule has 2 aromatic carbocycles. The zero-order valence-electron chi connectivity index (χ0n) is 19.7. The summed E-state index contributed by atoms with van der Waals surface area (Å²) in [6, 6.07) is 16.2. The Balaban J connectivity index is 1.58. The number of carbonyl (C=O) groups is 1. The second-order valence-electron chi connectivity index (χ2n) is 8.46. The van der Waals surface area contributed by atoms with Crippen molar-refractivity contribution >= 4 is 28.8 Å². The molecule has 0 aliphatic carbocycles. The van der Waals surface area contributed by atoms with Gasteiger partial charge in [-0.3, -0.25) is 13.9 Å². The van der Waals surface area contributed by atoms with Crippen molar-refractivity contribution in [2.45, 2.75) is 25.8 Å². The second-order valence-corrected chi connectivity index (χ2v) is 8.46. The van der Waals surface area contributed by atoms with E-state index >= 15 is 0 Å². The fourth-order valence-corrected chi connectivity index (χ4v) is 4.55. The fourth-order valence-electron chi connectivity index (χ4n) is 4.55. The van der Waals surface area contributed by atoms with Crippen molar-refractivity contribution in [3.05, 3.63) is 65.1 Å². The molecule has 36 heavy (non-hydrogen) atoms. The highest BCUT2D eigenvalue weighted by Gasteiger charge is 2.30. The van der Waals surface area contributed by atoms with E-state index in [9.17, 15) is 9.59 Å². The molecule has 0 spiro atoms. The van der Waals surface area contributed by atoms with E-state index in [0.29, 0.717) is 47.9 Å². The Kier molecular flexibility index (Phi) is 6.04. The number of rotatable bonds is 4. The molecule has 182 valence electrons. The molecule has 4 N–H and O–H groups in total. The molecular weight excluding hydrogens is 458 g/mol. The number of imidazole rings is 1. The largest absolute Gasteiger partial charge is 0.457 e. The zero-order chi connectivity index (χ0) is 25.2. The average Bonchev–Trinajstić information content (AvgIpc) is 3.17. The summed E-state index contributed by atoms with van der Waals surface area (Å²) in [6.45, 7) is 2.54.